The maximum atomic E-state index is 6.16. The maximum absolute atomic E-state index is 6.16. The predicted molar refractivity (Wildman–Crippen MR) is 70.6 cm³/mol. The molecular weight excluding hydrogens is 304 g/mol. The van der Waals surface area contributed by atoms with E-state index in [4.69, 9.17) is 11.6 Å². The van der Waals surface area contributed by atoms with Crippen LogP contribution in [0.1, 0.15) is 25.5 Å². The average Bonchev–Trinajstić information content (AvgIpc) is 2.72. The van der Waals surface area contributed by atoms with Crippen molar-refractivity contribution in [1.82, 2.24) is 19.7 Å². The molecule has 4 nitrogen and oxygen atoms in total. The molecule has 0 atom stereocenters. The largest absolute Gasteiger partial charge is 0.235 e. The molecule has 2 heterocycles. The van der Waals surface area contributed by atoms with E-state index >= 15 is 0 Å². The van der Waals surface area contributed by atoms with Crippen molar-refractivity contribution < 1.29 is 0 Å². The van der Waals surface area contributed by atoms with E-state index in [1.807, 2.05) is 13.8 Å². The summed E-state index contributed by atoms with van der Waals surface area (Å²) < 4.78 is 2.56. The van der Waals surface area contributed by atoms with Crippen LogP contribution in [0.25, 0.3) is 5.82 Å². The zero-order valence-electron chi connectivity index (χ0n) is 9.61. The van der Waals surface area contributed by atoms with Crippen LogP contribution in [0.2, 0.25) is 5.02 Å². The van der Waals surface area contributed by atoms with E-state index < -0.39 is 0 Å². The molecule has 0 saturated heterocycles. The highest BCUT2D eigenvalue weighted by Gasteiger charge is 2.13. The summed E-state index contributed by atoms with van der Waals surface area (Å²) in [5, 5.41) is 4.96. The zero-order chi connectivity index (χ0) is 12.4. The second kappa shape index (κ2) is 5.14. The van der Waals surface area contributed by atoms with Crippen molar-refractivity contribution in [3.63, 3.8) is 0 Å². The van der Waals surface area contributed by atoms with Gasteiger partial charge in [-0.3, -0.25) is 0 Å². The van der Waals surface area contributed by atoms with Gasteiger partial charge in [-0.05, 0) is 22.0 Å². The van der Waals surface area contributed by atoms with Gasteiger partial charge in [0.2, 0.25) is 0 Å². The van der Waals surface area contributed by atoms with Crippen LogP contribution in [-0.2, 0) is 12.8 Å². The fourth-order valence-electron chi connectivity index (χ4n) is 1.50. The minimum atomic E-state index is 0.557. The van der Waals surface area contributed by atoms with Gasteiger partial charge in [0, 0.05) is 23.5 Å². The third kappa shape index (κ3) is 2.50. The fraction of sp³-hybridized carbons (Fsp3) is 0.364. The Balaban J connectivity index is 2.55. The minimum absolute atomic E-state index is 0.557. The molecule has 0 spiro atoms. The summed E-state index contributed by atoms with van der Waals surface area (Å²) in [5.41, 5.74) is 0. The lowest BCUT2D eigenvalue weighted by Crippen LogP contribution is -2.05. The molecular formula is C11H12BrClN4. The van der Waals surface area contributed by atoms with Gasteiger partial charge < -0.3 is 0 Å². The summed E-state index contributed by atoms with van der Waals surface area (Å²) in [6, 6.07) is 1.80. The molecule has 2 aromatic heterocycles. The molecule has 0 saturated carbocycles. The van der Waals surface area contributed by atoms with Crippen LogP contribution < -0.4 is 0 Å². The molecule has 0 radical (unpaired) electrons. The van der Waals surface area contributed by atoms with E-state index in [2.05, 4.69) is 31.0 Å². The highest BCUT2D eigenvalue weighted by molar-refractivity contribution is 9.10. The molecule has 0 bridgehead atoms. The second-order valence-electron chi connectivity index (χ2n) is 3.52. The molecule has 17 heavy (non-hydrogen) atoms. The maximum Gasteiger partial charge on any atom is 0.174 e. The Morgan fingerprint density at radius 3 is 2.71 bits per heavy atom. The summed E-state index contributed by atoms with van der Waals surface area (Å²) >= 11 is 9.50. The first-order chi connectivity index (χ1) is 8.15. The zero-order valence-corrected chi connectivity index (χ0v) is 12.0. The fourth-order valence-corrected chi connectivity index (χ4v) is 2.21. The Morgan fingerprint density at radius 2 is 2.12 bits per heavy atom. The van der Waals surface area contributed by atoms with E-state index in [1.165, 1.54) is 0 Å². The van der Waals surface area contributed by atoms with Crippen molar-refractivity contribution in [2.45, 2.75) is 26.7 Å². The Labute approximate surface area is 113 Å². The summed E-state index contributed by atoms with van der Waals surface area (Å²) in [6.07, 6.45) is 3.29. The van der Waals surface area contributed by atoms with E-state index in [9.17, 15) is 0 Å². The predicted octanol–water partition coefficient (Wildman–Crippen LogP) is 3.20. The summed E-state index contributed by atoms with van der Waals surface area (Å²) in [5.74, 6) is 2.31. The SMILES string of the molecule is CCc1nc(CC)n(-c2ncc(Br)cc2Cl)n1. The molecule has 0 unspecified atom stereocenters. The molecule has 0 aliphatic heterocycles. The molecule has 90 valence electrons. The number of aryl methyl sites for hydroxylation is 2. The normalized spacial score (nSPS) is 10.8. The molecule has 0 aliphatic rings. The standard InChI is InChI=1S/C11H12BrClN4/c1-3-9-15-10(4-2)17(16-9)11-8(13)5-7(12)6-14-11/h5-6H,3-4H2,1-2H3. The van der Waals surface area contributed by atoms with Gasteiger partial charge >= 0.3 is 0 Å². The van der Waals surface area contributed by atoms with E-state index in [1.54, 1.807) is 16.9 Å². The van der Waals surface area contributed by atoms with Gasteiger partial charge in [0.1, 0.15) is 5.82 Å². The molecule has 0 fully saturated rings. The van der Waals surface area contributed by atoms with Crippen molar-refractivity contribution >= 4 is 27.5 Å². The number of nitrogens with zero attached hydrogens (tertiary/aromatic N) is 4. The lowest BCUT2D eigenvalue weighted by Gasteiger charge is -2.05. The van der Waals surface area contributed by atoms with Gasteiger partial charge in [-0.25, -0.2) is 9.97 Å². The van der Waals surface area contributed by atoms with Crippen LogP contribution in [0, 0.1) is 0 Å². The smallest absolute Gasteiger partial charge is 0.174 e. The third-order valence-electron chi connectivity index (χ3n) is 2.34. The number of hydrogen-bond acceptors (Lipinski definition) is 3. The number of hydrogen-bond donors (Lipinski definition) is 0. The van der Waals surface area contributed by atoms with Crippen LogP contribution >= 0.6 is 27.5 Å². The molecule has 6 heteroatoms. The van der Waals surface area contributed by atoms with E-state index in [0.717, 1.165) is 29.0 Å². The van der Waals surface area contributed by atoms with Crippen molar-refractivity contribution in [3.8, 4) is 5.82 Å². The topological polar surface area (TPSA) is 43.6 Å². The van der Waals surface area contributed by atoms with Crippen molar-refractivity contribution in [2.24, 2.45) is 0 Å². The lowest BCUT2D eigenvalue weighted by atomic mass is 10.4. The molecule has 0 aliphatic carbocycles. The van der Waals surface area contributed by atoms with E-state index in [0.29, 0.717) is 10.8 Å². The molecule has 0 amide bonds. The van der Waals surface area contributed by atoms with Crippen LogP contribution in [0.5, 0.6) is 0 Å². The highest BCUT2D eigenvalue weighted by atomic mass is 79.9. The number of pyridine rings is 1. The first-order valence-electron chi connectivity index (χ1n) is 5.42. The first kappa shape index (κ1) is 12.5. The van der Waals surface area contributed by atoms with Crippen LogP contribution in [0.4, 0.5) is 0 Å². The minimum Gasteiger partial charge on any atom is -0.235 e. The van der Waals surface area contributed by atoms with Gasteiger partial charge in [0.15, 0.2) is 11.6 Å². The van der Waals surface area contributed by atoms with Gasteiger partial charge in [0.05, 0.1) is 5.02 Å². The molecule has 0 N–H and O–H groups in total. The summed E-state index contributed by atoms with van der Waals surface area (Å²) in [6.45, 7) is 4.06. The first-order valence-corrected chi connectivity index (χ1v) is 6.59. The summed E-state index contributed by atoms with van der Waals surface area (Å²) in [7, 11) is 0. The molecule has 2 rings (SSSR count). The molecule has 0 aromatic carbocycles. The second-order valence-corrected chi connectivity index (χ2v) is 4.85. The van der Waals surface area contributed by atoms with Crippen molar-refractivity contribution in [1.29, 1.82) is 0 Å². The average molecular weight is 316 g/mol. The Morgan fingerprint density at radius 1 is 1.35 bits per heavy atom. The monoisotopic (exact) mass is 314 g/mol. The molecule has 2 aromatic rings. The Hall–Kier alpha value is -0.940. The number of aromatic nitrogens is 4. The Kier molecular flexibility index (Phi) is 3.79. The van der Waals surface area contributed by atoms with Crippen molar-refractivity contribution in [3.05, 3.63) is 33.4 Å². The quantitative estimate of drug-likeness (QED) is 0.873. The van der Waals surface area contributed by atoms with Crippen molar-refractivity contribution in [2.75, 3.05) is 0 Å². The third-order valence-corrected chi connectivity index (χ3v) is 3.05. The van der Waals surface area contributed by atoms with Gasteiger partial charge in [0.25, 0.3) is 0 Å². The van der Waals surface area contributed by atoms with Crippen LogP contribution in [0.15, 0.2) is 16.7 Å². The number of rotatable bonds is 3. The van der Waals surface area contributed by atoms with Crippen LogP contribution in [0.3, 0.4) is 0 Å². The Bertz CT molecular complexity index is 538. The van der Waals surface area contributed by atoms with Gasteiger partial charge in [-0.1, -0.05) is 25.4 Å². The van der Waals surface area contributed by atoms with Crippen LogP contribution in [-0.4, -0.2) is 19.7 Å². The van der Waals surface area contributed by atoms with Gasteiger partial charge in [-0.15, -0.1) is 5.10 Å². The van der Waals surface area contributed by atoms with E-state index in [-0.39, 0.29) is 0 Å². The van der Waals surface area contributed by atoms with Gasteiger partial charge in [-0.2, -0.15) is 4.68 Å². The highest BCUT2D eigenvalue weighted by Crippen LogP contribution is 2.22. The lowest BCUT2D eigenvalue weighted by molar-refractivity contribution is 0.769. The summed E-state index contributed by atoms with van der Waals surface area (Å²) in [4.78, 5) is 8.71. The number of halogens is 2.